The number of carbonyl (C=O) groups excluding carboxylic acids is 6. The Morgan fingerprint density at radius 2 is 1.85 bits per heavy atom. The summed E-state index contributed by atoms with van der Waals surface area (Å²) in [6.45, 7) is 4.83. The number of hydrogen-bond acceptors (Lipinski definition) is 9. The summed E-state index contributed by atoms with van der Waals surface area (Å²) in [4.78, 5) is 73.0. The van der Waals surface area contributed by atoms with Crippen molar-refractivity contribution in [2.75, 3.05) is 13.1 Å². The van der Waals surface area contributed by atoms with Crippen molar-refractivity contribution in [3.8, 4) is 0 Å². The molecule has 0 aromatic carbocycles. The standard InChI is InChI=1S/C20H32N6O7/c1-11(18(31)23-13(3)22-16(29)6-7-21-19(32)12(2)28)26-17(30)9-15(20(26)33)24-25-8-4-5-14(25)10-27/h10-15,24,28H,4-9H2,1-3H3,(H,21,32)(H,22,29)(H,23,31)/t11?,12?,13?,14-,15?/m0/s1. The maximum absolute atomic E-state index is 12.8. The molecule has 5 atom stereocenters. The lowest BCUT2D eigenvalue weighted by Gasteiger charge is -2.26. The predicted molar refractivity (Wildman–Crippen MR) is 114 cm³/mol. The molecule has 0 aliphatic carbocycles. The molecule has 0 aromatic heterocycles. The van der Waals surface area contributed by atoms with Gasteiger partial charge in [0.1, 0.15) is 24.5 Å². The molecule has 5 amide bonds. The molecule has 13 nitrogen and oxygen atoms in total. The Morgan fingerprint density at radius 3 is 2.48 bits per heavy atom. The fraction of sp³-hybridized carbons (Fsp3) is 0.700. The number of imide groups is 1. The molecular formula is C20H32N6O7. The second-order valence-electron chi connectivity index (χ2n) is 8.22. The Balaban J connectivity index is 1.82. The van der Waals surface area contributed by atoms with Crippen molar-refractivity contribution >= 4 is 35.8 Å². The van der Waals surface area contributed by atoms with Crippen LogP contribution in [-0.2, 0) is 28.8 Å². The van der Waals surface area contributed by atoms with Gasteiger partial charge in [0.05, 0.1) is 18.6 Å². The van der Waals surface area contributed by atoms with Crippen LogP contribution in [0.4, 0.5) is 0 Å². The third kappa shape index (κ3) is 7.04. The van der Waals surface area contributed by atoms with Crippen LogP contribution in [0.1, 0.15) is 46.5 Å². The molecule has 0 radical (unpaired) electrons. The molecule has 0 saturated carbocycles. The predicted octanol–water partition coefficient (Wildman–Crippen LogP) is -2.86. The highest BCUT2D eigenvalue weighted by molar-refractivity contribution is 6.08. The lowest BCUT2D eigenvalue weighted by atomic mass is 10.2. The van der Waals surface area contributed by atoms with Crippen LogP contribution in [0, 0.1) is 0 Å². The number of amides is 5. The van der Waals surface area contributed by atoms with E-state index in [-0.39, 0.29) is 25.4 Å². The second kappa shape index (κ2) is 11.8. The number of hydrazine groups is 1. The number of aliphatic hydroxyl groups excluding tert-OH is 1. The van der Waals surface area contributed by atoms with E-state index < -0.39 is 53.9 Å². The van der Waals surface area contributed by atoms with Gasteiger partial charge < -0.3 is 25.9 Å². The highest BCUT2D eigenvalue weighted by Gasteiger charge is 2.44. The average Bonchev–Trinajstić information content (AvgIpc) is 3.30. The quantitative estimate of drug-likeness (QED) is 0.121. The fourth-order valence-corrected chi connectivity index (χ4v) is 3.70. The maximum Gasteiger partial charge on any atom is 0.248 e. The second-order valence-corrected chi connectivity index (χ2v) is 8.22. The summed E-state index contributed by atoms with van der Waals surface area (Å²) in [7, 11) is 0. The fourth-order valence-electron chi connectivity index (χ4n) is 3.70. The number of aliphatic hydroxyl groups is 1. The van der Waals surface area contributed by atoms with E-state index in [1.54, 1.807) is 5.01 Å². The molecule has 0 aromatic rings. The first-order chi connectivity index (χ1) is 15.5. The highest BCUT2D eigenvalue weighted by Crippen LogP contribution is 2.20. The van der Waals surface area contributed by atoms with Crippen LogP contribution in [0.25, 0.3) is 0 Å². The number of hydrogen-bond donors (Lipinski definition) is 5. The smallest absolute Gasteiger partial charge is 0.248 e. The molecule has 0 bridgehead atoms. The van der Waals surface area contributed by atoms with Gasteiger partial charge in [0.25, 0.3) is 0 Å². The molecule has 0 spiro atoms. The zero-order valence-electron chi connectivity index (χ0n) is 19.0. The number of nitrogens with one attached hydrogen (secondary N) is 4. The number of aldehydes is 1. The lowest BCUT2D eigenvalue weighted by Crippen LogP contribution is -2.55. The van der Waals surface area contributed by atoms with Gasteiger partial charge in [0.15, 0.2) is 0 Å². The monoisotopic (exact) mass is 468 g/mol. The van der Waals surface area contributed by atoms with Crippen molar-refractivity contribution in [1.29, 1.82) is 0 Å². The molecular weight excluding hydrogens is 436 g/mol. The highest BCUT2D eigenvalue weighted by atomic mass is 16.3. The van der Waals surface area contributed by atoms with Crippen molar-refractivity contribution < 1.29 is 33.9 Å². The number of rotatable bonds is 11. The molecule has 2 aliphatic rings. The average molecular weight is 469 g/mol. The van der Waals surface area contributed by atoms with Gasteiger partial charge in [-0.3, -0.25) is 28.9 Å². The van der Waals surface area contributed by atoms with E-state index in [2.05, 4.69) is 21.4 Å². The summed E-state index contributed by atoms with van der Waals surface area (Å²) < 4.78 is 0. The van der Waals surface area contributed by atoms with E-state index in [1.807, 2.05) is 0 Å². The van der Waals surface area contributed by atoms with Crippen LogP contribution in [0.2, 0.25) is 0 Å². The zero-order valence-corrected chi connectivity index (χ0v) is 19.0. The molecule has 2 rings (SSSR count). The number of carbonyl (C=O) groups is 6. The molecule has 13 heteroatoms. The Labute approximate surface area is 191 Å². The first-order valence-corrected chi connectivity index (χ1v) is 10.9. The van der Waals surface area contributed by atoms with Gasteiger partial charge in [0.2, 0.25) is 29.5 Å². The molecule has 2 heterocycles. The van der Waals surface area contributed by atoms with Crippen molar-refractivity contribution in [2.24, 2.45) is 0 Å². The zero-order chi connectivity index (χ0) is 24.7. The van der Waals surface area contributed by atoms with Gasteiger partial charge in [-0.05, 0) is 33.6 Å². The van der Waals surface area contributed by atoms with E-state index in [0.29, 0.717) is 13.0 Å². The largest absolute Gasteiger partial charge is 0.384 e. The van der Waals surface area contributed by atoms with E-state index in [9.17, 15) is 28.8 Å². The maximum atomic E-state index is 12.8. The molecule has 4 unspecified atom stereocenters. The van der Waals surface area contributed by atoms with E-state index in [0.717, 1.165) is 17.6 Å². The minimum absolute atomic E-state index is 0.0137. The molecule has 2 fully saturated rings. The first kappa shape index (κ1) is 26.4. The Hall–Kier alpha value is -2.90. The van der Waals surface area contributed by atoms with Crippen LogP contribution >= 0.6 is 0 Å². The van der Waals surface area contributed by atoms with Gasteiger partial charge in [-0.1, -0.05) is 0 Å². The van der Waals surface area contributed by atoms with Gasteiger partial charge in [-0.15, -0.1) is 0 Å². The summed E-state index contributed by atoms with van der Waals surface area (Å²) in [6, 6.07) is -2.29. The number of nitrogens with zero attached hydrogens (tertiary/aromatic N) is 2. The molecule has 2 saturated heterocycles. The molecule has 2 aliphatic heterocycles. The molecule has 33 heavy (non-hydrogen) atoms. The van der Waals surface area contributed by atoms with Gasteiger partial charge in [-0.2, -0.15) is 0 Å². The summed E-state index contributed by atoms with van der Waals surface area (Å²) in [5, 5.41) is 18.2. The summed E-state index contributed by atoms with van der Waals surface area (Å²) >= 11 is 0. The first-order valence-electron chi connectivity index (χ1n) is 10.9. The molecule has 5 N–H and O–H groups in total. The van der Waals surface area contributed by atoms with Crippen LogP contribution < -0.4 is 21.4 Å². The molecule has 184 valence electrons. The number of likely N-dealkylation sites (tertiary alicyclic amines) is 1. The van der Waals surface area contributed by atoms with Gasteiger partial charge >= 0.3 is 0 Å². The Morgan fingerprint density at radius 1 is 1.15 bits per heavy atom. The van der Waals surface area contributed by atoms with Crippen LogP contribution in [0.5, 0.6) is 0 Å². The SMILES string of the molecule is CC(NC(=O)CCNC(=O)C(C)O)NC(=O)C(C)N1C(=O)CC(NN2CCC[C@H]2C=O)C1=O. The van der Waals surface area contributed by atoms with Crippen molar-refractivity contribution in [2.45, 2.75) is 76.8 Å². The normalized spacial score (nSPS) is 23.7. The van der Waals surface area contributed by atoms with Crippen molar-refractivity contribution in [3.63, 3.8) is 0 Å². The van der Waals surface area contributed by atoms with Crippen LogP contribution in [0.15, 0.2) is 0 Å². The van der Waals surface area contributed by atoms with Crippen molar-refractivity contribution in [3.05, 3.63) is 0 Å². The minimum Gasteiger partial charge on any atom is -0.384 e. The van der Waals surface area contributed by atoms with Crippen LogP contribution in [0.3, 0.4) is 0 Å². The van der Waals surface area contributed by atoms with Gasteiger partial charge in [-0.25, -0.2) is 10.4 Å². The Bertz CT molecular complexity index is 789. The summed E-state index contributed by atoms with van der Waals surface area (Å²) in [6.07, 6.45) is 0.104. The van der Waals surface area contributed by atoms with Crippen molar-refractivity contribution in [1.82, 2.24) is 31.3 Å². The third-order valence-corrected chi connectivity index (χ3v) is 5.49. The van der Waals surface area contributed by atoms with E-state index >= 15 is 0 Å². The van der Waals surface area contributed by atoms with Crippen LogP contribution in [-0.4, -0.2) is 94.3 Å². The lowest BCUT2D eigenvalue weighted by molar-refractivity contribution is -0.147. The minimum atomic E-state index is -1.18. The third-order valence-electron chi connectivity index (χ3n) is 5.49. The topological polar surface area (TPSA) is 177 Å². The summed E-state index contributed by atoms with van der Waals surface area (Å²) in [5.74, 6) is -2.73. The summed E-state index contributed by atoms with van der Waals surface area (Å²) in [5.41, 5.74) is 2.94. The van der Waals surface area contributed by atoms with E-state index in [1.165, 1.54) is 20.8 Å². The Kier molecular flexibility index (Phi) is 9.44. The van der Waals surface area contributed by atoms with E-state index in [4.69, 9.17) is 5.11 Å². The van der Waals surface area contributed by atoms with Gasteiger partial charge in [0, 0.05) is 19.5 Å².